The van der Waals surface area contributed by atoms with Crippen molar-refractivity contribution in [3.05, 3.63) is 120 Å². The van der Waals surface area contributed by atoms with Gasteiger partial charge in [-0.3, -0.25) is 9.59 Å². The molecule has 4 aromatic carbocycles. The lowest BCUT2D eigenvalue weighted by Gasteiger charge is -2.17. The topological polar surface area (TPSA) is 67.4 Å². The molecule has 5 nitrogen and oxygen atoms in total. The third-order valence-corrected chi connectivity index (χ3v) is 6.40. The fourth-order valence-electron chi connectivity index (χ4n) is 3.45. The van der Waals surface area contributed by atoms with Crippen molar-refractivity contribution < 1.29 is 14.3 Å². The number of carbonyl (C=O) groups excluding carboxylic acids is 2. The molecule has 2 N–H and O–H groups in total. The van der Waals surface area contributed by atoms with Gasteiger partial charge in [0.1, 0.15) is 11.0 Å². The number of carbonyl (C=O) groups is 2. The highest BCUT2D eigenvalue weighted by molar-refractivity contribution is 8.00. The number of benzene rings is 4. The van der Waals surface area contributed by atoms with E-state index in [0.717, 1.165) is 21.7 Å². The van der Waals surface area contributed by atoms with E-state index in [1.807, 2.05) is 104 Å². The molecule has 0 spiro atoms. The van der Waals surface area contributed by atoms with Crippen molar-refractivity contribution in [1.29, 1.82) is 0 Å². The van der Waals surface area contributed by atoms with Gasteiger partial charge in [-0.15, -0.1) is 11.8 Å². The Hall–Kier alpha value is -4.03. The molecule has 0 fully saturated rings. The summed E-state index contributed by atoms with van der Waals surface area (Å²) >= 11 is 1.46. The van der Waals surface area contributed by atoms with Crippen LogP contribution in [0.25, 0.3) is 0 Å². The summed E-state index contributed by atoms with van der Waals surface area (Å²) in [5.74, 6) is 0.307. The van der Waals surface area contributed by atoms with E-state index in [4.69, 9.17) is 4.74 Å². The van der Waals surface area contributed by atoms with Crippen LogP contribution in [-0.4, -0.2) is 18.4 Å². The van der Waals surface area contributed by atoms with Crippen LogP contribution in [0.3, 0.4) is 0 Å². The van der Waals surface area contributed by atoms with Crippen molar-refractivity contribution >= 4 is 35.0 Å². The van der Waals surface area contributed by atoms with E-state index in [2.05, 4.69) is 10.6 Å². The van der Waals surface area contributed by atoms with Crippen molar-refractivity contribution in [2.45, 2.75) is 17.1 Å². The Kier molecular flexibility index (Phi) is 8.20. The molecule has 0 bridgehead atoms. The summed E-state index contributed by atoms with van der Waals surface area (Å²) in [4.78, 5) is 26.4. The molecular formula is C29H26N2O3S. The van der Waals surface area contributed by atoms with Gasteiger partial charge in [0.2, 0.25) is 5.91 Å². The fourth-order valence-corrected chi connectivity index (χ4v) is 4.47. The molecule has 2 amide bonds. The Morgan fingerprint density at radius 2 is 1.46 bits per heavy atom. The summed E-state index contributed by atoms with van der Waals surface area (Å²) in [6.07, 6.45) is 0. The molecule has 4 rings (SSSR count). The van der Waals surface area contributed by atoms with Gasteiger partial charge < -0.3 is 15.4 Å². The van der Waals surface area contributed by atoms with Gasteiger partial charge in [-0.1, -0.05) is 60.7 Å². The van der Waals surface area contributed by atoms with Gasteiger partial charge >= 0.3 is 0 Å². The number of ether oxygens (including phenoxy) is 1. The van der Waals surface area contributed by atoms with E-state index in [-0.39, 0.29) is 18.4 Å². The Morgan fingerprint density at radius 3 is 2.14 bits per heavy atom. The number of hydrogen-bond donors (Lipinski definition) is 2. The summed E-state index contributed by atoms with van der Waals surface area (Å²) in [6, 6.07) is 34.1. The smallest absolute Gasteiger partial charge is 0.262 e. The monoisotopic (exact) mass is 482 g/mol. The molecular weight excluding hydrogens is 456 g/mol. The zero-order valence-electron chi connectivity index (χ0n) is 19.3. The van der Waals surface area contributed by atoms with Crippen molar-refractivity contribution in [3.63, 3.8) is 0 Å². The van der Waals surface area contributed by atoms with Crippen LogP contribution in [0.4, 0.5) is 11.4 Å². The minimum Gasteiger partial charge on any atom is -0.484 e. The molecule has 4 aromatic rings. The molecule has 0 saturated heterocycles. The molecule has 35 heavy (non-hydrogen) atoms. The maximum absolute atomic E-state index is 13.2. The number of amides is 2. The van der Waals surface area contributed by atoms with Gasteiger partial charge in [0.25, 0.3) is 5.91 Å². The molecule has 6 heteroatoms. The van der Waals surface area contributed by atoms with Gasteiger partial charge in [-0.2, -0.15) is 0 Å². The highest BCUT2D eigenvalue weighted by atomic mass is 32.2. The minimum atomic E-state index is -0.434. The highest BCUT2D eigenvalue weighted by Crippen LogP contribution is 2.36. The Morgan fingerprint density at radius 1 is 0.771 bits per heavy atom. The lowest BCUT2D eigenvalue weighted by atomic mass is 10.1. The summed E-state index contributed by atoms with van der Waals surface area (Å²) in [5, 5.41) is 5.43. The molecule has 1 unspecified atom stereocenters. The first kappa shape index (κ1) is 24.1. The third kappa shape index (κ3) is 7.22. The number of rotatable bonds is 9. The van der Waals surface area contributed by atoms with Crippen LogP contribution in [0.2, 0.25) is 0 Å². The van der Waals surface area contributed by atoms with E-state index in [0.29, 0.717) is 11.4 Å². The number of thioether (sulfide) groups is 1. The van der Waals surface area contributed by atoms with Crippen LogP contribution >= 0.6 is 11.8 Å². The van der Waals surface area contributed by atoms with Crippen LogP contribution in [0.1, 0.15) is 16.4 Å². The maximum atomic E-state index is 13.2. The molecule has 0 aromatic heterocycles. The molecule has 0 aliphatic carbocycles. The van der Waals surface area contributed by atoms with Crippen molar-refractivity contribution in [2.24, 2.45) is 0 Å². The summed E-state index contributed by atoms with van der Waals surface area (Å²) < 4.78 is 5.49. The van der Waals surface area contributed by atoms with Crippen molar-refractivity contribution in [3.8, 4) is 5.75 Å². The zero-order valence-corrected chi connectivity index (χ0v) is 20.1. The average molecular weight is 483 g/mol. The van der Waals surface area contributed by atoms with Crippen molar-refractivity contribution in [1.82, 2.24) is 0 Å². The van der Waals surface area contributed by atoms with Crippen LogP contribution in [0.15, 0.2) is 114 Å². The molecule has 0 saturated carbocycles. The van der Waals surface area contributed by atoms with E-state index in [1.165, 1.54) is 11.8 Å². The van der Waals surface area contributed by atoms with Crippen LogP contribution < -0.4 is 15.4 Å². The van der Waals surface area contributed by atoms with Gasteiger partial charge in [0, 0.05) is 16.3 Å². The van der Waals surface area contributed by atoms with Gasteiger partial charge in [0.15, 0.2) is 6.61 Å². The van der Waals surface area contributed by atoms with Gasteiger partial charge in [-0.25, -0.2) is 0 Å². The molecule has 0 aliphatic rings. The second kappa shape index (κ2) is 11.9. The largest absolute Gasteiger partial charge is 0.484 e. The standard InChI is InChI=1S/C29H26N2O3S/c1-21-9-8-12-24(19-21)31-29(33)28(22-10-4-2-5-11-22)35-26-17-15-23(16-18-26)30-27(32)20-34-25-13-6-3-7-14-25/h2-19,28H,20H2,1H3,(H,30,32)(H,31,33). The molecule has 0 aliphatic heterocycles. The third-order valence-electron chi connectivity index (χ3n) is 5.13. The number of hydrogen-bond acceptors (Lipinski definition) is 4. The highest BCUT2D eigenvalue weighted by Gasteiger charge is 2.22. The predicted octanol–water partition coefficient (Wildman–Crippen LogP) is 6.48. The van der Waals surface area contributed by atoms with Crippen LogP contribution in [0, 0.1) is 6.92 Å². The van der Waals surface area contributed by atoms with E-state index < -0.39 is 5.25 Å². The molecule has 176 valence electrons. The SMILES string of the molecule is Cc1cccc(NC(=O)C(Sc2ccc(NC(=O)COc3ccccc3)cc2)c2ccccc2)c1. The van der Waals surface area contributed by atoms with E-state index in [1.54, 1.807) is 12.1 Å². The fraction of sp³-hybridized carbons (Fsp3) is 0.103. The second-order valence-electron chi connectivity index (χ2n) is 7.94. The van der Waals surface area contributed by atoms with E-state index >= 15 is 0 Å². The first-order valence-electron chi connectivity index (χ1n) is 11.2. The first-order valence-corrected chi connectivity index (χ1v) is 12.1. The van der Waals surface area contributed by atoms with Gasteiger partial charge in [-0.05, 0) is 66.6 Å². The van der Waals surface area contributed by atoms with Crippen LogP contribution in [-0.2, 0) is 9.59 Å². The first-order chi connectivity index (χ1) is 17.1. The molecule has 0 radical (unpaired) electrons. The minimum absolute atomic E-state index is 0.0737. The van der Waals surface area contributed by atoms with Crippen LogP contribution in [0.5, 0.6) is 5.75 Å². The number of anilines is 2. The Balaban J connectivity index is 1.40. The lowest BCUT2D eigenvalue weighted by Crippen LogP contribution is -2.20. The lowest BCUT2D eigenvalue weighted by molar-refractivity contribution is -0.118. The molecule has 1 atom stereocenters. The zero-order chi connectivity index (χ0) is 24.5. The Bertz CT molecular complexity index is 1260. The number of aryl methyl sites for hydroxylation is 1. The molecule has 0 heterocycles. The van der Waals surface area contributed by atoms with Gasteiger partial charge in [0.05, 0.1) is 0 Å². The Labute approximate surface area is 209 Å². The van der Waals surface area contributed by atoms with Crippen molar-refractivity contribution in [2.75, 3.05) is 17.2 Å². The summed E-state index contributed by atoms with van der Waals surface area (Å²) in [6.45, 7) is 1.92. The quantitative estimate of drug-likeness (QED) is 0.268. The average Bonchev–Trinajstić information content (AvgIpc) is 2.88. The van der Waals surface area contributed by atoms with E-state index in [9.17, 15) is 9.59 Å². The summed E-state index contributed by atoms with van der Waals surface area (Å²) in [7, 11) is 0. The predicted molar refractivity (Wildman–Crippen MR) is 142 cm³/mol. The summed E-state index contributed by atoms with van der Waals surface area (Å²) in [5.41, 5.74) is 3.43. The normalized spacial score (nSPS) is 11.3. The number of nitrogens with one attached hydrogen (secondary N) is 2. The number of para-hydroxylation sites is 1. The second-order valence-corrected chi connectivity index (χ2v) is 9.12. The maximum Gasteiger partial charge on any atom is 0.262 e.